The Hall–Kier alpha value is -0.570. The number of piperidine rings is 1. The van der Waals surface area contributed by atoms with Crippen LogP contribution in [0.15, 0.2) is 24.3 Å². The molecular weight excluding hydrogens is 268 g/mol. The van der Waals surface area contributed by atoms with E-state index < -0.39 is 0 Å². The van der Waals surface area contributed by atoms with E-state index in [0.717, 1.165) is 11.4 Å². The van der Waals surface area contributed by atoms with Gasteiger partial charge in [-0.15, -0.1) is 0 Å². The molecule has 1 aromatic rings. The van der Waals surface area contributed by atoms with Gasteiger partial charge in [0.1, 0.15) is 0 Å². The minimum Gasteiger partial charge on any atom is -0.314 e. The summed E-state index contributed by atoms with van der Waals surface area (Å²) in [7, 11) is 0. The van der Waals surface area contributed by atoms with E-state index in [2.05, 4.69) is 36.6 Å². The van der Waals surface area contributed by atoms with Crippen LogP contribution in [0.1, 0.15) is 57.6 Å². The molecule has 20 heavy (non-hydrogen) atoms. The van der Waals surface area contributed by atoms with Crippen LogP contribution < -0.4 is 10.6 Å². The number of benzene rings is 1. The topological polar surface area (TPSA) is 24.1 Å². The summed E-state index contributed by atoms with van der Waals surface area (Å²) in [6.45, 7) is 5.70. The minimum atomic E-state index is 0.396. The summed E-state index contributed by atoms with van der Waals surface area (Å²) in [5, 5.41) is 8.21. The lowest BCUT2D eigenvalue weighted by molar-refractivity contribution is 0.328. The van der Waals surface area contributed by atoms with Gasteiger partial charge in [0.15, 0.2) is 0 Å². The van der Waals surface area contributed by atoms with E-state index in [1.807, 2.05) is 12.1 Å². The van der Waals surface area contributed by atoms with E-state index in [-0.39, 0.29) is 0 Å². The first-order valence-corrected chi connectivity index (χ1v) is 8.31. The molecule has 2 rings (SSSR count). The van der Waals surface area contributed by atoms with Gasteiger partial charge in [0.05, 0.1) is 0 Å². The van der Waals surface area contributed by atoms with Crippen LogP contribution >= 0.6 is 11.6 Å². The molecular formula is C17H27ClN2. The Morgan fingerprint density at radius 3 is 2.90 bits per heavy atom. The SMILES string of the molecule is CCC(NC(C)CC1CCCCN1)c1cccc(Cl)c1. The van der Waals surface area contributed by atoms with Crippen molar-refractivity contribution in [2.75, 3.05) is 6.54 Å². The Balaban J connectivity index is 1.88. The molecule has 1 heterocycles. The molecule has 1 aromatic carbocycles. The van der Waals surface area contributed by atoms with Gasteiger partial charge < -0.3 is 10.6 Å². The molecule has 3 unspecified atom stereocenters. The molecule has 3 heteroatoms. The maximum Gasteiger partial charge on any atom is 0.0409 e. The van der Waals surface area contributed by atoms with E-state index in [9.17, 15) is 0 Å². The quantitative estimate of drug-likeness (QED) is 0.817. The maximum absolute atomic E-state index is 6.10. The molecule has 0 amide bonds. The third kappa shape index (κ3) is 4.76. The fourth-order valence-electron chi connectivity index (χ4n) is 3.14. The molecule has 0 aliphatic carbocycles. The predicted molar refractivity (Wildman–Crippen MR) is 87.3 cm³/mol. The van der Waals surface area contributed by atoms with Crippen LogP contribution in [0, 0.1) is 0 Å². The van der Waals surface area contributed by atoms with E-state index >= 15 is 0 Å². The van der Waals surface area contributed by atoms with Crippen LogP contribution in [0.5, 0.6) is 0 Å². The van der Waals surface area contributed by atoms with Crippen molar-refractivity contribution in [1.82, 2.24) is 10.6 Å². The van der Waals surface area contributed by atoms with Crippen LogP contribution in [-0.2, 0) is 0 Å². The van der Waals surface area contributed by atoms with Gasteiger partial charge >= 0.3 is 0 Å². The average Bonchev–Trinajstić information content (AvgIpc) is 2.46. The largest absolute Gasteiger partial charge is 0.314 e. The lowest BCUT2D eigenvalue weighted by Gasteiger charge is -2.29. The van der Waals surface area contributed by atoms with Gasteiger partial charge in [-0.3, -0.25) is 0 Å². The highest BCUT2D eigenvalue weighted by atomic mass is 35.5. The van der Waals surface area contributed by atoms with Gasteiger partial charge in [0.2, 0.25) is 0 Å². The van der Waals surface area contributed by atoms with Crippen molar-refractivity contribution in [3.63, 3.8) is 0 Å². The zero-order valence-corrected chi connectivity index (χ0v) is 13.4. The molecule has 0 spiro atoms. The van der Waals surface area contributed by atoms with E-state index in [1.54, 1.807) is 0 Å². The lowest BCUT2D eigenvalue weighted by Crippen LogP contribution is -2.40. The number of halogens is 1. The number of nitrogens with one attached hydrogen (secondary N) is 2. The molecule has 1 fully saturated rings. The highest BCUT2D eigenvalue weighted by Crippen LogP contribution is 2.22. The van der Waals surface area contributed by atoms with E-state index in [4.69, 9.17) is 11.6 Å². The summed E-state index contributed by atoms with van der Waals surface area (Å²) in [6, 6.07) is 9.82. The number of hydrogen-bond acceptors (Lipinski definition) is 2. The molecule has 112 valence electrons. The van der Waals surface area contributed by atoms with Crippen LogP contribution in [-0.4, -0.2) is 18.6 Å². The van der Waals surface area contributed by atoms with E-state index in [0.29, 0.717) is 18.1 Å². The normalized spacial score (nSPS) is 22.4. The van der Waals surface area contributed by atoms with Crippen LogP contribution in [0.4, 0.5) is 0 Å². The molecule has 0 saturated carbocycles. The molecule has 2 N–H and O–H groups in total. The Bertz CT molecular complexity index is 402. The van der Waals surface area contributed by atoms with Crippen LogP contribution in [0.25, 0.3) is 0 Å². The fraction of sp³-hybridized carbons (Fsp3) is 0.647. The minimum absolute atomic E-state index is 0.396. The Kier molecular flexibility index (Phi) is 6.34. The predicted octanol–water partition coefficient (Wildman–Crippen LogP) is 4.30. The Morgan fingerprint density at radius 2 is 2.25 bits per heavy atom. The van der Waals surface area contributed by atoms with Gasteiger partial charge in [-0.25, -0.2) is 0 Å². The molecule has 1 aliphatic rings. The highest BCUT2D eigenvalue weighted by Gasteiger charge is 2.18. The van der Waals surface area contributed by atoms with Gasteiger partial charge in [-0.1, -0.05) is 37.1 Å². The molecule has 1 aliphatic heterocycles. The monoisotopic (exact) mass is 294 g/mol. The Labute approximate surface area is 128 Å². The molecule has 3 atom stereocenters. The standard InChI is InChI=1S/C17H27ClN2/c1-3-17(14-7-6-8-15(18)12-14)20-13(2)11-16-9-4-5-10-19-16/h6-8,12-13,16-17,19-20H,3-5,9-11H2,1-2H3. The van der Waals surface area contributed by atoms with Gasteiger partial charge in [0, 0.05) is 23.1 Å². The van der Waals surface area contributed by atoms with Crippen LogP contribution in [0.3, 0.4) is 0 Å². The molecule has 0 radical (unpaired) electrons. The summed E-state index contributed by atoms with van der Waals surface area (Å²) < 4.78 is 0. The molecule has 2 nitrogen and oxygen atoms in total. The first kappa shape index (κ1) is 15.8. The summed E-state index contributed by atoms with van der Waals surface area (Å²) in [4.78, 5) is 0. The second-order valence-corrected chi connectivity index (χ2v) is 6.40. The maximum atomic E-state index is 6.10. The van der Waals surface area contributed by atoms with Crippen molar-refractivity contribution in [2.45, 2.75) is 64.1 Å². The first-order chi connectivity index (χ1) is 9.69. The molecule has 0 aromatic heterocycles. The van der Waals surface area contributed by atoms with Crippen molar-refractivity contribution >= 4 is 11.6 Å². The first-order valence-electron chi connectivity index (χ1n) is 7.94. The van der Waals surface area contributed by atoms with Gasteiger partial charge in [-0.05, 0) is 56.8 Å². The van der Waals surface area contributed by atoms with Crippen molar-refractivity contribution in [3.8, 4) is 0 Å². The fourth-order valence-corrected chi connectivity index (χ4v) is 3.34. The number of rotatable bonds is 6. The summed E-state index contributed by atoms with van der Waals surface area (Å²) in [6.07, 6.45) is 6.31. The summed E-state index contributed by atoms with van der Waals surface area (Å²) in [5.74, 6) is 0. The summed E-state index contributed by atoms with van der Waals surface area (Å²) in [5.41, 5.74) is 1.29. The second-order valence-electron chi connectivity index (χ2n) is 5.97. The van der Waals surface area contributed by atoms with Crippen molar-refractivity contribution in [1.29, 1.82) is 0 Å². The zero-order chi connectivity index (χ0) is 14.4. The van der Waals surface area contributed by atoms with Crippen LogP contribution in [0.2, 0.25) is 5.02 Å². The molecule has 1 saturated heterocycles. The lowest BCUT2D eigenvalue weighted by atomic mass is 9.97. The van der Waals surface area contributed by atoms with Crippen molar-refractivity contribution < 1.29 is 0 Å². The average molecular weight is 295 g/mol. The summed E-state index contributed by atoms with van der Waals surface area (Å²) >= 11 is 6.10. The zero-order valence-electron chi connectivity index (χ0n) is 12.7. The smallest absolute Gasteiger partial charge is 0.0409 e. The van der Waals surface area contributed by atoms with Crippen molar-refractivity contribution in [2.24, 2.45) is 0 Å². The van der Waals surface area contributed by atoms with Crippen molar-refractivity contribution in [3.05, 3.63) is 34.9 Å². The highest BCUT2D eigenvalue weighted by molar-refractivity contribution is 6.30. The second kappa shape index (κ2) is 8.02. The number of hydrogen-bond donors (Lipinski definition) is 2. The Morgan fingerprint density at radius 1 is 1.40 bits per heavy atom. The van der Waals surface area contributed by atoms with Gasteiger partial charge in [0.25, 0.3) is 0 Å². The third-order valence-electron chi connectivity index (χ3n) is 4.20. The van der Waals surface area contributed by atoms with Gasteiger partial charge in [-0.2, -0.15) is 0 Å². The third-order valence-corrected chi connectivity index (χ3v) is 4.43. The molecule has 0 bridgehead atoms. The van der Waals surface area contributed by atoms with E-state index in [1.165, 1.54) is 37.8 Å².